The molecule has 0 amide bonds. The fourth-order valence-electron chi connectivity index (χ4n) is 1.43. The van der Waals surface area contributed by atoms with E-state index in [0.29, 0.717) is 18.4 Å². The normalized spacial score (nSPS) is 10.4. The third-order valence-corrected chi connectivity index (χ3v) is 3.21. The average Bonchev–Trinajstić information content (AvgIpc) is 2.60. The number of nitriles is 1. The molecule has 0 saturated heterocycles. The summed E-state index contributed by atoms with van der Waals surface area (Å²) < 4.78 is 1.49. The zero-order chi connectivity index (χ0) is 10.8. The van der Waals surface area contributed by atoms with E-state index >= 15 is 0 Å². The predicted octanol–water partition coefficient (Wildman–Crippen LogP) is 1.68. The summed E-state index contributed by atoms with van der Waals surface area (Å²) in [5.74, 6) is 0. The number of aryl methyl sites for hydroxylation is 2. The molecular formula is C10H9N3OS. The Kier molecular flexibility index (Phi) is 2.52. The summed E-state index contributed by atoms with van der Waals surface area (Å²) in [7, 11) is 0. The highest BCUT2D eigenvalue weighted by atomic mass is 32.1. The van der Waals surface area contributed by atoms with Crippen LogP contribution in [-0.4, -0.2) is 9.55 Å². The second kappa shape index (κ2) is 3.83. The van der Waals surface area contributed by atoms with Crippen molar-refractivity contribution in [3.8, 4) is 6.07 Å². The monoisotopic (exact) mass is 219 g/mol. The first-order valence-electron chi connectivity index (χ1n) is 4.54. The number of hydrogen-bond acceptors (Lipinski definition) is 4. The molecule has 0 radical (unpaired) electrons. The van der Waals surface area contributed by atoms with E-state index in [0.717, 1.165) is 10.4 Å². The van der Waals surface area contributed by atoms with Crippen LogP contribution in [0.5, 0.6) is 0 Å². The van der Waals surface area contributed by atoms with Gasteiger partial charge in [-0.3, -0.25) is 9.36 Å². The highest BCUT2D eigenvalue weighted by Gasteiger charge is 2.07. The number of fused-ring (bicyclic) bond motifs is 1. The third-order valence-electron chi connectivity index (χ3n) is 2.21. The molecule has 0 aliphatic heterocycles. The van der Waals surface area contributed by atoms with Gasteiger partial charge in [-0.05, 0) is 17.9 Å². The van der Waals surface area contributed by atoms with Gasteiger partial charge < -0.3 is 0 Å². The van der Waals surface area contributed by atoms with Crippen molar-refractivity contribution in [1.29, 1.82) is 5.26 Å². The molecule has 2 aromatic rings. The van der Waals surface area contributed by atoms with Gasteiger partial charge in [0.05, 0.1) is 24.2 Å². The molecule has 0 bridgehead atoms. The topological polar surface area (TPSA) is 58.7 Å². The minimum Gasteiger partial charge on any atom is -0.298 e. The van der Waals surface area contributed by atoms with Crippen LogP contribution in [0.1, 0.15) is 12.0 Å². The summed E-state index contributed by atoms with van der Waals surface area (Å²) >= 11 is 1.47. The molecule has 0 aliphatic carbocycles. The van der Waals surface area contributed by atoms with Crippen LogP contribution in [0.15, 0.2) is 16.5 Å². The Morgan fingerprint density at radius 2 is 2.47 bits per heavy atom. The van der Waals surface area contributed by atoms with Crippen molar-refractivity contribution in [2.45, 2.75) is 19.9 Å². The molecule has 0 atom stereocenters. The lowest BCUT2D eigenvalue weighted by Crippen LogP contribution is -2.20. The quantitative estimate of drug-likeness (QED) is 0.772. The minimum atomic E-state index is -0.0472. The Morgan fingerprint density at radius 3 is 3.20 bits per heavy atom. The maximum absolute atomic E-state index is 11.9. The number of rotatable bonds is 2. The number of thiophene rings is 1. The number of hydrogen-bond donors (Lipinski definition) is 0. The van der Waals surface area contributed by atoms with Crippen molar-refractivity contribution in [2.75, 3.05) is 0 Å². The molecule has 4 nitrogen and oxygen atoms in total. The fraction of sp³-hybridized carbons (Fsp3) is 0.300. The molecule has 0 saturated carbocycles. The smallest absolute Gasteiger partial charge is 0.262 e. The van der Waals surface area contributed by atoms with Crippen molar-refractivity contribution in [3.63, 3.8) is 0 Å². The number of nitrogens with zero attached hydrogens (tertiary/aromatic N) is 3. The van der Waals surface area contributed by atoms with Gasteiger partial charge in [-0.25, -0.2) is 4.98 Å². The first-order valence-corrected chi connectivity index (χ1v) is 5.42. The molecule has 2 aromatic heterocycles. The van der Waals surface area contributed by atoms with E-state index in [-0.39, 0.29) is 5.56 Å². The Hall–Kier alpha value is -1.67. The molecular weight excluding hydrogens is 210 g/mol. The Morgan fingerprint density at radius 1 is 1.67 bits per heavy atom. The van der Waals surface area contributed by atoms with Crippen LogP contribution in [-0.2, 0) is 6.54 Å². The van der Waals surface area contributed by atoms with Gasteiger partial charge in [0.1, 0.15) is 4.83 Å². The van der Waals surface area contributed by atoms with Gasteiger partial charge in [0.25, 0.3) is 5.56 Å². The second-order valence-corrected chi connectivity index (χ2v) is 4.11. The van der Waals surface area contributed by atoms with Crippen LogP contribution < -0.4 is 5.56 Å². The van der Waals surface area contributed by atoms with E-state index in [1.54, 1.807) is 0 Å². The van der Waals surface area contributed by atoms with E-state index in [2.05, 4.69) is 4.98 Å². The summed E-state index contributed by atoms with van der Waals surface area (Å²) in [6.07, 6.45) is 1.84. The van der Waals surface area contributed by atoms with Gasteiger partial charge in [0, 0.05) is 6.54 Å². The van der Waals surface area contributed by atoms with Gasteiger partial charge in [0.15, 0.2) is 0 Å². The van der Waals surface area contributed by atoms with E-state index < -0.39 is 0 Å². The molecule has 15 heavy (non-hydrogen) atoms. The van der Waals surface area contributed by atoms with Gasteiger partial charge in [0.2, 0.25) is 0 Å². The van der Waals surface area contributed by atoms with Gasteiger partial charge in [-0.1, -0.05) is 0 Å². The molecule has 76 valence electrons. The van der Waals surface area contributed by atoms with Crippen LogP contribution in [0.25, 0.3) is 10.2 Å². The van der Waals surface area contributed by atoms with Crippen LogP contribution in [0.3, 0.4) is 0 Å². The first kappa shape index (κ1) is 9.87. The van der Waals surface area contributed by atoms with Gasteiger partial charge in [-0.2, -0.15) is 5.26 Å². The largest absolute Gasteiger partial charge is 0.298 e. The Labute approximate surface area is 90.4 Å². The van der Waals surface area contributed by atoms with Crippen LogP contribution in [0.2, 0.25) is 0 Å². The summed E-state index contributed by atoms with van der Waals surface area (Å²) in [5.41, 5.74) is 0.910. The maximum atomic E-state index is 11.9. The molecule has 0 aliphatic rings. The maximum Gasteiger partial charge on any atom is 0.262 e. The summed E-state index contributed by atoms with van der Waals surface area (Å²) in [5, 5.41) is 11.1. The molecule has 0 spiro atoms. The lowest BCUT2D eigenvalue weighted by Gasteiger charge is -2.01. The third kappa shape index (κ3) is 1.64. The zero-order valence-electron chi connectivity index (χ0n) is 8.23. The fourth-order valence-corrected chi connectivity index (χ4v) is 2.31. The standard InChI is InChI=1S/C10H9N3OS/c1-7-5-15-9-8(7)10(14)13(6-12-9)4-2-3-11/h5-6H,2,4H2,1H3. The lowest BCUT2D eigenvalue weighted by molar-refractivity contribution is 0.679. The highest BCUT2D eigenvalue weighted by Crippen LogP contribution is 2.19. The molecule has 0 N–H and O–H groups in total. The van der Waals surface area contributed by atoms with Crippen molar-refractivity contribution in [1.82, 2.24) is 9.55 Å². The second-order valence-electron chi connectivity index (χ2n) is 3.25. The molecule has 2 heterocycles. The Balaban J connectivity index is 2.60. The summed E-state index contributed by atoms with van der Waals surface area (Å²) in [6.45, 7) is 2.31. The minimum absolute atomic E-state index is 0.0472. The van der Waals surface area contributed by atoms with Crippen molar-refractivity contribution >= 4 is 21.6 Å². The van der Waals surface area contributed by atoms with E-state index in [1.807, 2.05) is 18.4 Å². The molecule has 0 fully saturated rings. The van der Waals surface area contributed by atoms with Crippen LogP contribution in [0, 0.1) is 18.3 Å². The Bertz CT molecular complexity index is 591. The van der Waals surface area contributed by atoms with Crippen LogP contribution in [0.4, 0.5) is 0 Å². The molecule has 2 rings (SSSR count). The predicted molar refractivity (Wildman–Crippen MR) is 58.8 cm³/mol. The first-order chi connectivity index (χ1) is 7.24. The molecule has 0 aromatic carbocycles. The average molecular weight is 219 g/mol. The van der Waals surface area contributed by atoms with E-state index in [1.165, 1.54) is 22.2 Å². The van der Waals surface area contributed by atoms with Gasteiger partial charge >= 0.3 is 0 Å². The van der Waals surface area contributed by atoms with Crippen molar-refractivity contribution in [3.05, 3.63) is 27.6 Å². The molecule has 0 unspecified atom stereocenters. The summed E-state index contributed by atoms with van der Waals surface area (Å²) in [4.78, 5) is 16.9. The highest BCUT2D eigenvalue weighted by molar-refractivity contribution is 7.16. The van der Waals surface area contributed by atoms with Gasteiger partial charge in [-0.15, -0.1) is 11.3 Å². The van der Waals surface area contributed by atoms with Crippen molar-refractivity contribution < 1.29 is 0 Å². The zero-order valence-corrected chi connectivity index (χ0v) is 9.04. The van der Waals surface area contributed by atoms with Crippen LogP contribution >= 0.6 is 11.3 Å². The van der Waals surface area contributed by atoms with E-state index in [9.17, 15) is 4.79 Å². The lowest BCUT2D eigenvalue weighted by atomic mass is 10.3. The summed E-state index contributed by atoms with van der Waals surface area (Å²) in [6, 6.07) is 2.02. The number of aromatic nitrogens is 2. The SMILES string of the molecule is Cc1csc2ncn(CCC#N)c(=O)c12. The van der Waals surface area contributed by atoms with E-state index in [4.69, 9.17) is 5.26 Å². The molecule has 5 heteroatoms. The van der Waals surface area contributed by atoms with Crippen molar-refractivity contribution in [2.24, 2.45) is 0 Å².